The molecule has 0 aromatic carbocycles. The van der Waals surface area contributed by atoms with E-state index in [4.69, 9.17) is 18.5 Å². The fraction of sp³-hybridized carbons (Fsp3) is 0.692. The summed E-state index contributed by atoms with van der Waals surface area (Å²) in [6.07, 6.45) is 34.1. The van der Waals surface area contributed by atoms with Gasteiger partial charge < -0.3 is 49.7 Å². The van der Waals surface area contributed by atoms with Crippen LogP contribution in [0.1, 0.15) is 168 Å². The molecule has 408 valence electrons. The second kappa shape index (κ2) is 41.5. The Morgan fingerprint density at radius 1 is 0.521 bits per heavy atom. The smallest absolute Gasteiger partial charge is 0.462 e. The SMILES string of the molecule is CCCCC/C=C\C[C@@H](O)/C=C/C=C\C/C=C\CCCC(=O)OC[C@H](COP(=O)(O)O[C@H]1C(O)C(O)C(O)[C@@H](OP(=O)(O)O)C1O)OC(=O)CCCCCCCC/C=C\C/C=C\C/C=C\CCCCCC. The molecule has 0 aromatic rings. The predicted octanol–water partition coefficient (Wildman–Crippen LogP) is 9.54. The maximum absolute atomic E-state index is 13.0. The number of phosphoric acid groups is 2. The van der Waals surface area contributed by atoms with Gasteiger partial charge in [-0.3, -0.25) is 23.2 Å². The first kappa shape index (κ1) is 66.2. The molecule has 9 atom stereocenters. The van der Waals surface area contributed by atoms with Gasteiger partial charge in [0, 0.05) is 12.8 Å². The number of ether oxygens (including phenoxy) is 2. The van der Waals surface area contributed by atoms with Crippen LogP contribution in [0.25, 0.3) is 0 Å². The van der Waals surface area contributed by atoms with E-state index in [0.29, 0.717) is 32.1 Å². The molecule has 17 nitrogen and oxygen atoms in total. The van der Waals surface area contributed by atoms with Crippen LogP contribution in [0.3, 0.4) is 0 Å². The van der Waals surface area contributed by atoms with Crippen molar-refractivity contribution in [1.82, 2.24) is 0 Å². The van der Waals surface area contributed by atoms with Crippen LogP contribution in [0.5, 0.6) is 0 Å². The summed E-state index contributed by atoms with van der Waals surface area (Å²) >= 11 is 0. The van der Waals surface area contributed by atoms with Crippen molar-refractivity contribution in [2.75, 3.05) is 13.2 Å². The summed E-state index contributed by atoms with van der Waals surface area (Å²) in [6, 6.07) is 0. The standard InChI is InChI=1S/C52H88O17P2/c1-3-5-7-9-11-12-13-14-15-16-17-18-19-20-21-22-23-28-32-36-40-46(55)67-44(42-66-71(63,64)69-52-49(58)47(56)48(57)51(50(52)59)68-70(60,61)62)41-65-45(54)39-35-31-27-25-24-26-30-34-38-43(53)37-33-29-10-8-6-4-2/h12-13,15-16,18-19,25-27,29-30,33-34,38,43-44,47-53,56-59H,3-11,14,17,20-24,28,31-32,35-37,39-42H2,1-2H3,(H,63,64)(H2,60,61,62)/b13-12-,16-15-,19-18-,27-25-,30-26-,33-29-,38-34+/t43-,44-,47?,48?,49?,50?,51-,52+/m1/s1. The number of hydrogen-bond donors (Lipinski definition) is 8. The van der Waals surface area contributed by atoms with Gasteiger partial charge in [-0.25, -0.2) is 9.13 Å². The second-order valence-electron chi connectivity index (χ2n) is 17.7. The van der Waals surface area contributed by atoms with E-state index < -0.39 is 89.6 Å². The Bertz CT molecular complexity index is 1710. The quantitative estimate of drug-likeness (QED) is 0.00929. The van der Waals surface area contributed by atoms with Crippen LogP contribution < -0.4 is 0 Å². The molecule has 1 fully saturated rings. The maximum Gasteiger partial charge on any atom is 0.472 e. The summed E-state index contributed by atoms with van der Waals surface area (Å²) in [4.78, 5) is 54.4. The summed E-state index contributed by atoms with van der Waals surface area (Å²) in [5, 5.41) is 51.4. The molecule has 0 aromatic heterocycles. The van der Waals surface area contributed by atoms with Gasteiger partial charge in [-0.1, -0.05) is 157 Å². The Balaban J connectivity index is 2.63. The monoisotopic (exact) mass is 1050 g/mol. The van der Waals surface area contributed by atoms with Crippen LogP contribution in [0.15, 0.2) is 85.1 Å². The third-order valence-corrected chi connectivity index (χ3v) is 12.8. The zero-order valence-corrected chi connectivity index (χ0v) is 44.0. The first-order chi connectivity index (χ1) is 34.0. The van der Waals surface area contributed by atoms with Crippen molar-refractivity contribution in [3.05, 3.63) is 85.1 Å². The Labute approximate surface area is 423 Å². The molecule has 5 unspecified atom stereocenters. The minimum Gasteiger partial charge on any atom is -0.462 e. The lowest BCUT2D eigenvalue weighted by atomic mass is 9.85. The first-order valence-electron chi connectivity index (χ1n) is 25.7. The van der Waals surface area contributed by atoms with Crippen molar-refractivity contribution in [3.63, 3.8) is 0 Å². The van der Waals surface area contributed by atoms with Gasteiger partial charge in [0.1, 0.15) is 43.2 Å². The highest BCUT2D eigenvalue weighted by Crippen LogP contribution is 2.49. The molecule has 19 heteroatoms. The van der Waals surface area contributed by atoms with Gasteiger partial charge in [-0.15, -0.1) is 0 Å². The molecular weight excluding hydrogens is 959 g/mol. The number of rotatable bonds is 42. The van der Waals surface area contributed by atoms with Gasteiger partial charge in [0.25, 0.3) is 0 Å². The van der Waals surface area contributed by atoms with Crippen molar-refractivity contribution in [2.24, 2.45) is 0 Å². The highest BCUT2D eigenvalue weighted by Gasteiger charge is 2.54. The minimum atomic E-state index is -5.38. The number of esters is 2. The minimum absolute atomic E-state index is 0.000978. The lowest BCUT2D eigenvalue weighted by molar-refractivity contribution is -0.216. The number of aliphatic hydroxyl groups excluding tert-OH is 5. The molecule has 1 saturated carbocycles. The summed E-state index contributed by atoms with van der Waals surface area (Å²) < 4.78 is 49.4. The molecule has 1 aliphatic rings. The van der Waals surface area contributed by atoms with Gasteiger partial charge >= 0.3 is 27.6 Å². The molecule has 0 amide bonds. The largest absolute Gasteiger partial charge is 0.472 e. The predicted molar refractivity (Wildman–Crippen MR) is 275 cm³/mol. The summed E-state index contributed by atoms with van der Waals surface area (Å²) in [5.41, 5.74) is 0. The number of allylic oxidation sites excluding steroid dienone is 12. The Kier molecular flexibility index (Phi) is 38.7. The zero-order chi connectivity index (χ0) is 52.6. The fourth-order valence-corrected chi connectivity index (χ4v) is 8.77. The van der Waals surface area contributed by atoms with Gasteiger partial charge in [0.15, 0.2) is 6.10 Å². The average Bonchev–Trinajstić information content (AvgIpc) is 3.32. The number of unbranched alkanes of at least 4 members (excludes halogenated alkanes) is 14. The highest BCUT2D eigenvalue weighted by atomic mass is 31.2. The molecule has 0 radical (unpaired) electrons. The van der Waals surface area contributed by atoms with E-state index in [1.165, 1.54) is 38.5 Å². The third-order valence-electron chi connectivity index (χ3n) is 11.3. The van der Waals surface area contributed by atoms with E-state index in [0.717, 1.165) is 70.6 Å². The van der Waals surface area contributed by atoms with Crippen molar-refractivity contribution in [1.29, 1.82) is 0 Å². The first-order valence-corrected chi connectivity index (χ1v) is 28.8. The van der Waals surface area contributed by atoms with Crippen molar-refractivity contribution in [2.45, 2.75) is 217 Å². The Hall–Kier alpha value is -2.86. The fourth-order valence-electron chi connectivity index (χ4n) is 7.23. The summed E-state index contributed by atoms with van der Waals surface area (Å²) in [5.74, 6) is -1.33. The van der Waals surface area contributed by atoms with Crippen molar-refractivity contribution < 1.29 is 82.0 Å². The Morgan fingerprint density at radius 2 is 1.00 bits per heavy atom. The molecule has 8 N–H and O–H groups in total. The van der Waals surface area contributed by atoms with Gasteiger partial charge in [0.05, 0.1) is 12.7 Å². The van der Waals surface area contributed by atoms with Gasteiger partial charge in [0.2, 0.25) is 0 Å². The van der Waals surface area contributed by atoms with E-state index in [2.05, 4.69) is 60.9 Å². The average molecular weight is 1050 g/mol. The highest BCUT2D eigenvalue weighted by molar-refractivity contribution is 7.47. The summed E-state index contributed by atoms with van der Waals surface area (Å²) in [6.45, 7) is 2.94. The number of carbonyl (C=O) groups excluding carboxylic acids is 2. The van der Waals surface area contributed by atoms with E-state index >= 15 is 0 Å². The van der Waals surface area contributed by atoms with Crippen molar-refractivity contribution in [3.8, 4) is 0 Å². The maximum atomic E-state index is 13.0. The molecule has 71 heavy (non-hydrogen) atoms. The molecule has 1 rings (SSSR count). The molecule has 1 aliphatic carbocycles. The van der Waals surface area contributed by atoms with E-state index in [1.807, 2.05) is 30.4 Å². The lowest BCUT2D eigenvalue weighted by Gasteiger charge is -2.43. The van der Waals surface area contributed by atoms with E-state index in [1.54, 1.807) is 12.2 Å². The number of carbonyl (C=O) groups is 2. The lowest BCUT2D eigenvalue weighted by Crippen LogP contribution is -2.64. The van der Waals surface area contributed by atoms with E-state index in [9.17, 15) is 58.9 Å². The molecule has 0 bridgehead atoms. The zero-order valence-electron chi connectivity index (χ0n) is 42.2. The van der Waals surface area contributed by atoms with Crippen LogP contribution in [0, 0.1) is 0 Å². The van der Waals surface area contributed by atoms with E-state index in [-0.39, 0.29) is 12.8 Å². The normalized spacial score (nSPS) is 22.0. The van der Waals surface area contributed by atoms with Crippen LogP contribution in [-0.4, -0.2) is 114 Å². The molecule has 0 spiro atoms. The molecule has 0 saturated heterocycles. The second-order valence-corrected chi connectivity index (χ2v) is 20.3. The number of hydrogen-bond acceptors (Lipinski definition) is 14. The van der Waals surface area contributed by atoms with Gasteiger partial charge in [-0.05, 0) is 83.5 Å². The molecule has 0 heterocycles. The van der Waals surface area contributed by atoms with Crippen LogP contribution in [0.2, 0.25) is 0 Å². The van der Waals surface area contributed by atoms with Gasteiger partial charge in [-0.2, -0.15) is 0 Å². The van der Waals surface area contributed by atoms with Crippen molar-refractivity contribution >= 4 is 27.6 Å². The third kappa shape index (κ3) is 35.9. The Morgan fingerprint density at radius 3 is 1.61 bits per heavy atom. The van der Waals surface area contributed by atoms with Crippen LogP contribution in [0.4, 0.5) is 0 Å². The van der Waals surface area contributed by atoms with Crippen LogP contribution in [-0.2, 0) is 41.8 Å². The summed E-state index contributed by atoms with van der Waals surface area (Å²) in [7, 11) is -10.7. The van der Waals surface area contributed by atoms with Crippen LogP contribution >= 0.6 is 15.6 Å². The molecule has 0 aliphatic heterocycles. The number of phosphoric ester groups is 2. The molecular formula is C52H88O17P2. The number of aliphatic hydroxyl groups is 5. The topological polar surface area (TPSA) is 276 Å².